The van der Waals surface area contributed by atoms with Gasteiger partial charge in [0.25, 0.3) is 0 Å². The van der Waals surface area contributed by atoms with Crippen LogP contribution in [0.5, 0.6) is 0 Å². The summed E-state index contributed by atoms with van der Waals surface area (Å²) in [5.74, 6) is -1.05. The molecule has 0 saturated heterocycles. The molecular weight excluding hydrogens is 292 g/mol. The molecule has 0 atom stereocenters. The van der Waals surface area contributed by atoms with Crippen LogP contribution in [0.15, 0.2) is 54.6 Å². The Balaban J connectivity index is 1.80. The first kappa shape index (κ1) is 13.3. The van der Waals surface area contributed by atoms with Crippen molar-refractivity contribution < 1.29 is 14.7 Å². The highest BCUT2D eigenvalue weighted by Crippen LogP contribution is 2.35. The summed E-state index contributed by atoms with van der Waals surface area (Å²) in [6, 6.07) is 15.4. The van der Waals surface area contributed by atoms with E-state index < -0.39 is 5.97 Å². The van der Waals surface area contributed by atoms with Crippen LogP contribution in [-0.2, 0) is 0 Å². The first-order valence-electron chi connectivity index (χ1n) is 7.01. The maximum Gasteiger partial charge on any atom is 0.335 e. The number of aromatic carboxylic acids is 1. The Hall–Kier alpha value is -3.34. The maximum absolute atomic E-state index is 12.5. The van der Waals surface area contributed by atoms with Gasteiger partial charge in [0.05, 0.1) is 16.8 Å². The Morgan fingerprint density at radius 3 is 2.26 bits per heavy atom. The lowest BCUT2D eigenvalue weighted by Gasteiger charge is -2.03. The quantitative estimate of drug-likeness (QED) is 0.615. The molecule has 110 valence electrons. The van der Waals surface area contributed by atoms with Crippen molar-refractivity contribution in [2.45, 2.75) is 0 Å². The van der Waals surface area contributed by atoms with Gasteiger partial charge in [-0.1, -0.05) is 36.4 Å². The van der Waals surface area contributed by atoms with Crippen LogP contribution in [-0.4, -0.2) is 27.1 Å². The highest BCUT2D eigenvalue weighted by atomic mass is 16.4. The van der Waals surface area contributed by atoms with Crippen LogP contribution in [0.25, 0.3) is 22.5 Å². The third-order valence-electron chi connectivity index (χ3n) is 3.89. The molecule has 4 rings (SSSR count). The fraction of sp³-hybridized carbons (Fsp3) is 0. The summed E-state index contributed by atoms with van der Waals surface area (Å²) in [5, 5.41) is 17.3. The van der Waals surface area contributed by atoms with E-state index in [0.717, 1.165) is 5.56 Å². The second-order valence-electron chi connectivity index (χ2n) is 5.25. The van der Waals surface area contributed by atoms with Crippen molar-refractivity contribution in [3.05, 3.63) is 71.3 Å². The van der Waals surface area contributed by atoms with Crippen LogP contribution in [0, 0.1) is 0 Å². The molecule has 5 nitrogen and oxygen atoms in total. The molecule has 1 heterocycles. The van der Waals surface area contributed by atoms with E-state index in [1.165, 1.54) is 12.1 Å². The number of aromatic nitrogens is 2. The van der Waals surface area contributed by atoms with Crippen molar-refractivity contribution in [3.63, 3.8) is 0 Å². The standard InChI is InChI=1S/C18H10N2O3/c21-17-13-4-2-1-3-12(13)16-14(17)9-15(19-20-16)10-5-7-11(8-6-10)18(22)23/h1-9H,(H,22,23). The van der Waals surface area contributed by atoms with E-state index in [1.54, 1.807) is 24.3 Å². The zero-order valence-electron chi connectivity index (χ0n) is 11.9. The molecule has 0 radical (unpaired) electrons. The molecule has 1 N–H and O–H groups in total. The van der Waals surface area contributed by atoms with Crippen molar-refractivity contribution in [1.29, 1.82) is 0 Å². The summed E-state index contributed by atoms with van der Waals surface area (Å²) in [6.07, 6.45) is 0. The van der Waals surface area contributed by atoms with Crippen molar-refractivity contribution in [1.82, 2.24) is 10.2 Å². The minimum absolute atomic E-state index is 0.0612. The van der Waals surface area contributed by atoms with Gasteiger partial charge in [0, 0.05) is 16.7 Å². The number of carbonyl (C=O) groups is 2. The predicted molar refractivity (Wildman–Crippen MR) is 83.3 cm³/mol. The van der Waals surface area contributed by atoms with Gasteiger partial charge in [0.15, 0.2) is 5.78 Å². The molecule has 0 aliphatic heterocycles. The number of carbonyl (C=O) groups excluding carboxylic acids is 1. The summed E-state index contributed by atoms with van der Waals surface area (Å²) < 4.78 is 0. The van der Waals surface area contributed by atoms with Gasteiger partial charge in [-0.25, -0.2) is 4.79 Å². The van der Waals surface area contributed by atoms with Crippen molar-refractivity contribution in [2.24, 2.45) is 0 Å². The highest BCUT2D eigenvalue weighted by molar-refractivity contribution is 6.21. The van der Waals surface area contributed by atoms with E-state index >= 15 is 0 Å². The number of carboxylic acid groups (broad SMARTS) is 1. The molecule has 23 heavy (non-hydrogen) atoms. The summed E-state index contributed by atoms with van der Waals surface area (Å²) in [5.41, 5.74) is 4.01. The van der Waals surface area contributed by atoms with Gasteiger partial charge >= 0.3 is 5.97 Å². The van der Waals surface area contributed by atoms with Gasteiger partial charge in [-0.05, 0) is 18.2 Å². The Morgan fingerprint density at radius 1 is 0.870 bits per heavy atom. The van der Waals surface area contributed by atoms with Gasteiger partial charge in [-0.2, -0.15) is 0 Å². The minimum Gasteiger partial charge on any atom is -0.478 e. The van der Waals surface area contributed by atoms with Crippen LogP contribution in [0.4, 0.5) is 0 Å². The molecule has 1 aliphatic rings. The molecule has 2 aromatic carbocycles. The van der Waals surface area contributed by atoms with Crippen LogP contribution in [0.1, 0.15) is 26.3 Å². The SMILES string of the molecule is O=C(O)c1ccc(-c2cc3c(nn2)-c2ccccc2C3=O)cc1. The molecule has 0 fully saturated rings. The minimum atomic E-state index is -0.984. The van der Waals surface area contributed by atoms with Gasteiger partial charge < -0.3 is 5.11 Å². The fourth-order valence-electron chi connectivity index (χ4n) is 2.72. The van der Waals surface area contributed by atoms with Crippen LogP contribution >= 0.6 is 0 Å². The maximum atomic E-state index is 12.5. The molecule has 0 amide bonds. The van der Waals surface area contributed by atoms with Crippen molar-refractivity contribution >= 4 is 11.8 Å². The number of rotatable bonds is 2. The van der Waals surface area contributed by atoms with Gasteiger partial charge in [0.1, 0.15) is 5.69 Å². The third-order valence-corrected chi connectivity index (χ3v) is 3.89. The van der Waals surface area contributed by atoms with Crippen LogP contribution < -0.4 is 0 Å². The van der Waals surface area contributed by atoms with E-state index in [1.807, 2.05) is 18.2 Å². The normalized spacial score (nSPS) is 11.9. The van der Waals surface area contributed by atoms with E-state index in [4.69, 9.17) is 5.11 Å². The lowest BCUT2D eigenvalue weighted by atomic mass is 10.1. The zero-order valence-corrected chi connectivity index (χ0v) is 11.9. The second kappa shape index (κ2) is 4.84. The first-order chi connectivity index (χ1) is 11.1. The molecular formula is C18H10N2O3. The Morgan fingerprint density at radius 2 is 1.57 bits per heavy atom. The van der Waals surface area contributed by atoms with Gasteiger partial charge in [-0.15, -0.1) is 10.2 Å². The van der Waals surface area contributed by atoms with Crippen LogP contribution in [0.2, 0.25) is 0 Å². The van der Waals surface area contributed by atoms with E-state index in [0.29, 0.717) is 28.1 Å². The topological polar surface area (TPSA) is 80.2 Å². The number of benzene rings is 2. The molecule has 5 heteroatoms. The number of nitrogens with zero attached hydrogens (tertiary/aromatic N) is 2. The van der Waals surface area contributed by atoms with E-state index in [9.17, 15) is 9.59 Å². The molecule has 0 spiro atoms. The lowest BCUT2D eigenvalue weighted by Crippen LogP contribution is -1.99. The Kier molecular flexibility index (Phi) is 2.81. The summed E-state index contributed by atoms with van der Waals surface area (Å²) >= 11 is 0. The lowest BCUT2D eigenvalue weighted by molar-refractivity contribution is 0.0696. The summed E-state index contributed by atoms with van der Waals surface area (Å²) in [6.45, 7) is 0. The van der Waals surface area contributed by atoms with Gasteiger partial charge in [-0.3, -0.25) is 4.79 Å². The van der Waals surface area contributed by atoms with Gasteiger partial charge in [0.2, 0.25) is 0 Å². The molecule has 3 aromatic rings. The number of hydrogen-bond donors (Lipinski definition) is 1. The summed E-state index contributed by atoms with van der Waals surface area (Å²) in [7, 11) is 0. The zero-order chi connectivity index (χ0) is 16.0. The number of carboxylic acids is 1. The Labute approximate surface area is 131 Å². The molecule has 1 aromatic heterocycles. The molecule has 1 aliphatic carbocycles. The largest absolute Gasteiger partial charge is 0.478 e. The average Bonchev–Trinajstić information content (AvgIpc) is 2.88. The Bertz CT molecular complexity index is 962. The number of hydrogen-bond acceptors (Lipinski definition) is 4. The fourth-order valence-corrected chi connectivity index (χ4v) is 2.72. The predicted octanol–water partition coefficient (Wildman–Crippen LogP) is 3.05. The molecule has 0 bridgehead atoms. The number of ketones is 1. The third kappa shape index (κ3) is 2.02. The van der Waals surface area contributed by atoms with E-state index in [-0.39, 0.29) is 11.3 Å². The first-order valence-corrected chi connectivity index (χ1v) is 7.01. The average molecular weight is 302 g/mol. The highest BCUT2D eigenvalue weighted by Gasteiger charge is 2.28. The summed E-state index contributed by atoms with van der Waals surface area (Å²) in [4.78, 5) is 23.4. The van der Waals surface area contributed by atoms with Crippen molar-refractivity contribution in [2.75, 3.05) is 0 Å². The number of fused-ring (bicyclic) bond motifs is 3. The second-order valence-corrected chi connectivity index (χ2v) is 5.25. The smallest absolute Gasteiger partial charge is 0.335 e. The molecule has 0 saturated carbocycles. The molecule has 0 unspecified atom stereocenters. The van der Waals surface area contributed by atoms with E-state index in [2.05, 4.69) is 10.2 Å². The monoisotopic (exact) mass is 302 g/mol. The van der Waals surface area contributed by atoms with Crippen LogP contribution in [0.3, 0.4) is 0 Å². The van der Waals surface area contributed by atoms with Crippen molar-refractivity contribution in [3.8, 4) is 22.5 Å².